The van der Waals surface area contributed by atoms with E-state index in [4.69, 9.17) is 0 Å². The Morgan fingerprint density at radius 2 is 1.76 bits per heavy atom. The average Bonchev–Trinajstić information content (AvgIpc) is 2.50. The van der Waals surface area contributed by atoms with E-state index in [-0.39, 0.29) is 11.7 Å². The molecule has 0 radical (unpaired) electrons. The van der Waals surface area contributed by atoms with Gasteiger partial charge in [-0.1, -0.05) is 42.5 Å². The molecule has 1 amide bonds. The fraction of sp³-hybridized carbons (Fsp3) is 0.167. The molecule has 0 atom stereocenters. The zero-order valence-electron chi connectivity index (χ0n) is 12.0. The molecule has 0 aliphatic heterocycles. The molecule has 0 aromatic heterocycles. The van der Waals surface area contributed by atoms with Crippen molar-refractivity contribution in [3.63, 3.8) is 0 Å². The van der Waals surface area contributed by atoms with Crippen molar-refractivity contribution in [1.29, 1.82) is 0 Å². The van der Waals surface area contributed by atoms with E-state index in [1.54, 1.807) is 19.1 Å². The molecular formula is C18H18FNO. The summed E-state index contributed by atoms with van der Waals surface area (Å²) in [6.45, 7) is 2.32. The fourth-order valence-electron chi connectivity index (χ4n) is 1.98. The lowest BCUT2D eigenvalue weighted by atomic mass is 10.1. The van der Waals surface area contributed by atoms with Gasteiger partial charge in [0.2, 0.25) is 5.91 Å². The number of rotatable bonds is 5. The van der Waals surface area contributed by atoms with E-state index in [0.717, 1.165) is 11.1 Å². The minimum absolute atomic E-state index is 0.0824. The van der Waals surface area contributed by atoms with Crippen LogP contribution in [0.5, 0.6) is 0 Å². The molecule has 0 aliphatic carbocycles. The number of carbonyl (C=O) groups excluding carboxylic acids is 1. The highest BCUT2D eigenvalue weighted by Gasteiger charge is 2.03. The Balaban J connectivity index is 1.84. The SMILES string of the molecule is CC(=Cc1ccccc1)C(=O)NCCc1ccc(F)cc1. The Morgan fingerprint density at radius 3 is 2.43 bits per heavy atom. The predicted octanol–water partition coefficient (Wildman–Crippen LogP) is 3.59. The maximum Gasteiger partial charge on any atom is 0.246 e. The quantitative estimate of drug-likeness (QED) is 0.835. The smallest absolute Gasteiger partial charge is 0.246 e. The van der Waals surface area contributed by atoms with E-state index in [1.165, 1.54) is 12.1 Å². The number of benzene rings is 2. The van der Waals surface area contributed by atoms with Crippen LogP contribution in [0.4, 0.5) is 4.39 Å². The van der Waals surface area contributed by atoms with Crippen LogP contribution in [-0.2, 0) is 11.2 Å². The van der Waals surface area contributed by atoms with Gasteiger partial charge in [-0.3, -0.25) is 4.79 Å². The molecule has 3 heteroatoms. The third-order valence-corrected chi connectivity index (χ3v) is 3.15. The summed E-state index contributed by atoms with van der Waals surface area (Å²) in [5, 5.41) is 2.86. The van der Waals surface area contributed by atoms with Gasteiger partial charge in [0.15, 0.2) is 0 Å². The fourth-order valence-corrected chi connectivity index (χ4v) is 1.98. The van der Waals surface area contributed by atoms with Crippen LogP contribution in [0.15, 0.2) is 60.2 Å². The lowest BCUT2D eigenvalue weighted by Gasteiger charge is -2.06. The van der Waals surface area contributed by atoms with Gasteiger partial charge in [-0.2, -0.15) is 0 Å². The Bertz CT molecular complexity index is 617. The van der Waals surface area contributed by atoms with E-state index in [9.17, 15) is 9.18 Å². The second kappa shape index (κ2) is 7.39. The summed E-state index contributed by atoms with van der Waals surface area (Å²) in [6.07, 6.45) is 2.54. The van der Waals surface area contributed by atoms with E-state index in [2.05, 4.69) is 5.32 Å². The predicted molar refractivity (Wildman–Crippen MR) is 83.2 cm³/mol. The molecule has 0 unspecified atom stereocenters. The van der Waals surface area contributed by atoms with E-state index >= 15 is 0 Å². The Kier molecular flexibility index (Phi) is 5.27. The molecule has 0 aliphatic rings. The Morgan fingerprint density at radius 1 is 1.10 bits per heavy atom. The molecular weight excluding hydrogens is 265 g/mol. The molecule has 108 valence electrons. The van der Waals surface area contributed by atoms with E-state index < -0.39 is 0 Å². The molecule has 0 fully saturated rings. The van der Waals surface area contributed by atoms with Crippen molar-refractivity contribution in [2.45, 2.75) is 13.3 Å². The third-order valence-electron chi connectivity index (χ3n) is 3.15. The van der Waals surface area contributed by atoms with Gasteiger partial charge in [0, 0.05) is 12.1 Å². The highest BCUT2D eigenvalue weighted by atomic mass is 19.1. The van der Waals surface area contributed by atoms with Gasteiger partial charge in [-0.15, -0.1) is 0 Å². The Labute approximate surface area is 124 Å². The number of halogens is 1. The zero-order valence-corrected chi connectivity index (χ0v) is 12.0. The standard InChI is InChI=1S/C18H18FNO/c1-14(13-16-5-3-2-4-6-16)18(21)20-12-11-15-7-9-17(19)10-8-15/h2-10,13H,11-12H2,1H3,(H,20,21). The molecule has 2 aromatic carbocycles. The molecule has 0 saturated heterocycles. The van der Waals surface area contributed by atoms with Crippen LogP contribution in [0.25, 0.3) is 6.08 Å². The second-order valence-corrected chi connectivity index (χ2v) is 4.87. The first-order chi connectivity index (χ1) is 10.1. The van der Waals surface area contributed by atoms with Crippen molar-refractivity contribution in [2.75, 3.05) is 6.54 Å². The molecule has 21 heavy (non-hydrogen) atoms. The van der Waals surface area contributed by atoms with Gasteiger partial charge in [-0.25, -0.2) is 4.39 Å². The highest BCUT2D eigenvalue weighted by Crippen LogP contribution is 2.06. The maximum atomic E-state index is 12.8. The Hall–Kier alpha value is -2.42. The number of hydrogen-bond donors (Lipinski definition) is 1. The molecule has 1 N–H and O–H groups in total. The molecule has 2 nitrogen and oxygen atoms in total. The van der Waals surface area contributed by atoms with Crippen molar-refractivity contribution < 1.29 is 9.18 Å². The van der Waals surface area contributed by atoms with Crippen LogP contribution in [0.2, 0.25) is 0 Å². The summed E-state index contributed by atoms with van der Waals surface area (Å²) < 4.78 is 12.8. The second-order valence-electron chi connectivity index (χ2n) is 4.87. The number of hydrogen-bond acceptors (Lipinski definition) is 1. The van der Waals surface area contributed by atoms with Gasteiger partial charge >= 0.3 is 0 Å². The number of nitrogens with one attached hydrogen (secondary N) is 1. The van der Waals surface area contributed by atoms with Crippen LogP contribution in [0, 0.1) is 5.82 Å². The lowest BCUT2D eigenvalue weighted by molar-refractivity contribution is -0.117. The van der Waals surface area contributed by atoms with Crippen LogP contribution < -0.4 is 5.32 Å². The van der Waals surface area contributed by atoms with Crippen molar-refractivity contribution in [3.05, 3.63) is 77.1 Å². The minimum atomic E-state index is -0.246. The van der Waals surface area contributed by atoms with Crippen molar-refractivity contribution in [2.24, 2.45) is 0 Å². The largest absolute Gasteiger partial charge is 0.352 e. The summed E-state index contributed by atoms with van der Waals surface area (Å²) in [4.78, 5) is 12.0. The molecule has 0 heterocycles. The highest BCUT2D eigenvalue weighted by molar-refractivity contribution is 5.97. The summed E-state index contributed by atoms with van der Waals surface area (Å²) in [6, 6.07) is 16.0. The van der Waals surface area contributed by atoms with Gasteiger partial charge < -0.3 is 5.32 Å². The maximum absolute atomic E-state index is 12.8. The topological polar surface area (TPSA) is 29.1 Å². The summed E-state index contributed by atoms with van der Waals surface area (Å²) in [7, 11) is 0. The van der Waals surface area contributed by atoms with Crippen LogP contribution in [-0.4, -0.2) is 12.5 Å². The number of carbonyl (C=O) groups is 1. The first-order valence-corrected chi connectivity index (χ1v) is 6.91. The van der Waals surface area contributed by atoms with Crippen LogP contribution in [0.1, 0.15) is 18.1 Å². The van der Waals surface area contributed by atoms with Crippen molar-refractivity contribution in [1.82, 2.24) is 5.32 Å². The van der Waals surface area contributed by atoms with Crippen LogP contribution in [0.3, 0.4) is 0 Å². The van der Waals surface area contributed by atoms with Crippen molar-refractivity contribution in [3.8, 4) is 0 Å². The first-order valence-electron chi connectivity index (χ1n) is 6.91. The van der Waals surface area contributed by atoms with Gasteiger partial charge in [0.1, 0.15) is 5.82 Å². The molecule has 2 rings (SSSR count). The van der Waals surface area contributed by atoms with Crippen LogP contribution >= 0.6 is 0 Å². The van der Waals surface area contributed by atoms with Gasteiger partial charge in [0.05, 0.1) is 0 Å². The summed E-state index contributed by atoms with van der Waals surface area (Å²) in [5.74, 6) is -0.328. The zero-order chi connectivity index (χ0) is 15.1. The van der Waals surface area contributed by atoms with Crippen molar-refractivity contribution >= 4 is 12.0 Å². The third kappa shape index (κ3) is 4.88. The van der Waals surface area contributed by atoms with Gasteiger partial charge in [0.25, 0.3) is 0 Å². The molecule has 2 aromatic rings. The molecule has 0 bridgehead atoms. The molecule has 0 saturated carbocycles. The summed E-state index contributed by atoms with van der Waals surface area (Å²) in [5.41, 5.74) is 2.67. The lowest BCUT2D eigenvalue weighted by Crippen LogP contribution is -2.26. The summed E-state index contributed by atoms with van der Waals surface area (Å²) >= 11 is 0. The van der Waals surface area contributed by atoms with E-state index in [0.29, 0.717) is 18.5 Å². The minimum Gasteiger partial charge on any atom is -0.352 e. The van der Waals surface area contributed by atoms with Gasteiger partial charge in [-0.05, 0) is 42.7 Å². The average molecular weight is 283 g/mol. The molecule has 0 spiro atoms. The van der Waals surface area contributed by atoms with E-state index in [1.807, 2.05) is 36.4 Å². The normalized spacial score (nSPS) is 11.2. The first kappa shape index (κ1) is 15.0. The number of amides is 1. The monoisotopic (exact) mass is 283 g/mol.